The first-order chi connectivity index (χ1) is 12.5. The van der Waals surface area contributed by atoms with Crippen molar-refractivity contribution in [1.29, 1.82) is 0 Å². The molecule has 1 aliphatic carbocycles. The van der Waals surface area contributed by atoms with Crippen LogP contribution in [0.5, 0.6) is 5.75 Å². The van der Waals surface area contributed by atoms with Gasteiger partial charge in [-0.3, -0.25) is 4.79 Å². The van der Waals surface area contributed by atoms with Crippen LogP contribution in [0.15, 0.2) is 24.3 Å². The van der Waals surface area contributed by atoms with Crippen molar-refractivity contribution < 1.29 is 14.8 Å². The Morgan fingerprint density at radius 2 is 1.92 bits per heavy atom. The Bertz CT molecular complexity index is 613. The molecule has 1 amide bonds. The average molecular weight is 361 g/mol. The van der Waals surface area contributed by atoms with E-state index in [2.05, 4.69) is 31.0 Å². The molecule has 0 spiro atoms. The lowest BCUT2D eigenvalue weighted by Gasteiger charge is -2.38. The number of benzene rings is 1. The third-order valence-corrected chi connectivity index (χ3v) is 6.67. The summed E-state index contributed by atoms with van der Waals surface area (Å²) in [5.41, 5.74) is 0.897. The fraction of sp³-hybridized carbons (Fsp3) is 0.667. The van der Waals surface area contributed by atoms with Gasteiger partial charge in [0, 0.05) is 6.04 Å². The van der Waals surface area contributed by atoms with Gasteiger partial charge in [-0.25, -0.2) is 0 Å². The number of phenols is 1. The number of phenolic OH excluding ortho intramolecular Hbond substituents is 1. The highest BCUT2D eigenvalue weighted by molar-refractivity contribution is 5.80. The third kappa shape index (κ3) is 4.14. The van der Waals surface area contributed by atoms with Crippen molar-refractivity contribution in [2.24, 2.45) is 11.8 Å². The zero-order valence-electron chi connectivity index (χ0n) is 16.4. The molecule has 3 rings (SSSR count). The highest BCUT2D eigenvalue weighted by Gasteiger charge is 2.33. The minimum Gasteiger partial charge on any atom is -0.506 e. The van der Waals surface area contributed by atoms with E-state index in [1.807, 2.05) is 18.2 Å². The number of aromatic hydroxyl groups is 1. The summed E-state index contributed by atoms with van der Waals surface area (Å²) in [7, 11) is 0. The van der Waals surface area contributed by atoms with Gasteiger partial charge in [0.05, 0.1) is 31.9 Å². The van der Waals surface area contributed by atoms with Crippen molar-refractivity contribution in [3.05, 3.63) is 24.3 Å². The average Bonchev–Trinajstić information content (AvgIpc) is 2.65. The molecule has 2 aliphatic rings. The number of anilines is 1. The van der Waals surface area contributed by atoms with Crippen LogP contribution < -0.4 is 15.1 Å². The summed E-state index contributed by atoms with van der Waals surface area (Å²) < 4.78 is 0. The van der Waals surface area contributed by atoms with Crippen LogP contribution in [-0.2, 0) is 4.79 Å². The van der Waals surface area contributed by atoms with Gasteiger partial charge in [-0.1, -0.05) is 38.8 Å². The maximum Gasteiger partial charge on any atom is 0.278 e. The SMILES string of the molecule is C[C@@H]1[C@H](C)CCC[C@H]1NC(=O)[C@@H](C)[NH+]1CCN(c2ccccc2O)CC1. The highest BCUT2D eigenvalue weighted by atomic mass is 16.3. The van der Waals surface area contributed by atoms with Crippen LogP contribution in [0.25, 0.3) is 0 Å². The molecule has 4 atom stereocenters. The number of piperazine rings is 1. The van der Waals surface area contributed by atoms with Crippen molar-refractivity contribution in [2.75, 3.05) is 31.1 Å². The van der Waals surface area contributed by atoms with Crippen molar-refractivity contribution in [1.82, 2.24) is 5.32 Å². The quantitative estimate of drug-likeness (QED) is 0.761. The third-order valence-electron chi connectivity index (χ3n) is 6.67. The number of nitrogens with zero attached hydrogens (tertiary/aromatic N) is 1. The van der Waals surface area contributed by atoms with E-state index < -0.39 is 0 Å². The van der Waals surface area contributed by atoms with E-state index in [9.17, 15) is 9.90 Å². The van der Waals surface area contributed by atoms with E-state index in [1.54, 1.807) is 6.07 Å². The second-order valence-electron chi connectivity index (χ2n) is 8.24. The van der Waals surface area contributed by atoms with E-state index in [-0.39, 0.29) is 11.9 Å². The van der Waals surface area contributed by atoms with Crippen molar-refractivity contribution in [3.63, 3.8) is 0 Å². The molecule has 5 heteroatoms. The number of para-hydroxylation sites is 2. The van der Waals surface area contributed by atoms with E-state index in [4.69, 9.17) is 0 Å². The van der Waals surface area contributed by atoms with E-state index >= 15 is 0 Å². The smallest absolute Gasteiger partial charge is 0.278 e. The van der Waals surface area contributed by atoms with Crippen molar-refractivity contribution >= 4 is 11.6 Å². The number of hydrogen-bond acceptors (Lipinski definition) is 3. The molecular weight excluding hydrogens is 326 g/mol. The van der Waals surface area contributed by atoms with Crippen LogP contribution in [0.4, 0.5) is 5.69 Å². The zero-order chi connectivity index (χ0) is 18.7. The summed E-state index contributed by atoms with van der Waals surface area (Å²) in [5, 5.41) is 13.4. The van der Waals surface area contributed by atoms with Gasteiger partial charge in [0.25, 0.3) is 5.91 Å². The summed E-state index contributed by atoms with van der Waals surface area (Å²) in [6, 6.07) is 7.80. The summed E-state index contributed by atoms with van der Waals surface area (Å²) in [5.74, 6) is 1.79. The topological polar surface area (TPSA) is 57.0 Å². The summed E-state index contributed by atoms with van der Waals surface area (Å²) in [6.45, 7) is 10.2. The Morgan fingerprint density at radius 1 is 1.23 bits per heavy atom. The summed E-state index contributed by atoms with van der Waals surface area (Å²) in [4.78, 5) is 16.3. The summed E-state index contributed by atoms with van der Waals surface area (Å²) in [6.07, 6.45) is 3.61. The van der Waals surface area contributed by atoms with E-state index in [0.29, 0.717) is 23.6 Å². The Hall–Kier alpha value is -1.75. The monoisotopic (exact) mass is 360 g/mol. The maximum absolute atomic E-state index is 12.8. The molecule has 1 saturated carbocycles. The molecule has 1 aliphatic heterocycles. The number of hydrogen-bond donors (Lipinski definition) is 3. The molecule has 3 N–H and O–H groups in total. The number of carbonyl (C=O) groups excluding carboxylic acids is 1. The molecule has 1 aromatic rings. The van der Waals surface area contributed by atoms with Gasteiger partial charge in [-0.2, -0.15) is 0 Å². The molecule has 1 heterocycles. The lowest BCUT2D eigenvalue weighted by molar-refractivity contribution is -0.914. The maximum atomic E-state index is 12.8. The largest absolute Gasteiger partial charge is 0.506 e. The number of amides is 1. The van der Waals surface area contributed by atoms with Crippen LogP contribution in [0.1, 0.15) is 40.0 Å². The Morgan fingerprint density at radius 3 is 2.62 bits per heavy atom. The van der Waals surface area contributed by atoms with Gasteiger partial charge < -0.3 is 20.2 Å². The second kappa shape index (κ2) is 8.30. The molecule has 144 valence electrons. The van der Waals surface area contributed by atoms with Gasteiger partial charge in [-0.15, -0.1) is 0 Å². The predicted molar refractivity (Wildman–Crippen MR) is 105 cm³/mol. The minimum absolute atomic E-state index is 0.0223. The number of quaternary nitrogens is 1. The van der Waals surface area contributed by atoms with Crippen LogP contribution >= 0.6 is 0 Å². The standard InChI is InChI=1S/C21H33N3O2/c1-15-7-6-8-18(16(15)2)22-21(26)17(3)23-11-13-24(14-12-23)19-9-4-5-10-20(19)25/h4-5,9-10,15-18,25H,6-8,11-14H2,1-3H3,(H,22,26)/p+1/t15-,16-,17-,18-/m1/s1. The van der Waals surface area contributed by atoms with E-state index in [1.165, 1.54) is 17.7 Å². The van der Waals surface area contributed by atoms with Crippen LogP contribution in [-0.4, -0.2) is 49.3 Å². The lowest BCUT2D eigenvalue weighted by Crippen LogP contribution is -3.19. The Labute approximate surface area is 157 Å². The molecule has 2 fully saturated rings. The molecule has 0 bridgehead atoms. The Balaban J connectivity index is 1.52. The highest BCUT2D eigenvalue weighted by Crippen LogP contribution is 2.29. The van der Waals surface area contributed by atoms with Crippen LogP contribution in [0.2, 0.25) is 0 Å². The second-order valence-corrected chi connectivity index (χ2v) is 8.24. The first kappa shape index (κ1) is 19.0. The van der Waals surface area contributed by atoms with Crippen molar-refractivity contribution in [2.45, 2.75) is 52.1 Å². The van der Waals surface area contributed by atoms with Gasteiger partial charge in [0.1, 0.15) is 5.75 Å². The first-order valence-electron chi connectivity index (χ1n) is 10.1. The zero-order valence-corrected chi connectivity index (χ0v) is 16.4. The lowest BCUT2D eigenvalue weighted by atomic mass is 9.78. The van der Waals surface area contributed by atoms with E-state index in [0.717, 1.165) is 38.3 Å². The van der Waals surface area contributed by atoms with Gasteiger partial charge in [-0.05, 0) is 37.3 Å². The molecule has 26 heavy (non-hydrogen) atoms. The molecule has 0 radical (unpaired) electrons. The predicted octanol–water partition coefficient (Wildman–Crippen LogP) is 1.43. The van der Waals surface area contributed by atoms with Gasteiger partial charge in [0.2, 0.25) is 0 Å². The minimum atomic E-state index is -0.0223. The van der Waals surface area contributed by atoms with Gasteiger partial charge in [0.15, 0.2) is 6.04 Å². The molecule has 0 aromatic heterocycles. The fourth-order valence-corrected chi connectivity index (χ4v) is 4.48. The summed E-state index contributed by atoms with van der Waals surface area (Å²) >= 11 is 0. The van der Waals surface area contributed by atoms with Gasteiger partial charge >= 0.3 is 0 Å². The molecule has 5 nitrogen and oxygen atoms in total. The van der Waals surface area contributed by atoms with Crippen LogP contribution in [0, 0.1) is 11.8 Å². The number of carbonyl (C=O) groups is 1. The normalized spacial score (nSPS) is 28.6. The Kier molecular flexibility index (Phi) is 6.07. The molecule has 0 unspecified atom stereocenters. The van der Waals surface area contributed by atoms with Crippen LogP contribution in [0.3, 0.4) is 0 Å². The fourth-order valence-electron chi connectivity index (χ4n) is 4.48. The number of nitrogens with one attached hydrogen (secondary N) is 2. The molecule has 1 saturated heterocycles. The molecular formula is C21H34N3O2+. The first-order valence-corrected chi connectivity index (χ1v) is 10.1. The number of rotatable bonds is 4. The van der Waals surface area contributed by atoms with Crippen molar-refractivity contribution in [3.8, 4) is 5.75 Å². The molecule has 1 aromatic carbocycles.